The quantitative estimate of drug-likeness (QED) is 0.851. The number of aryl methyl sites for hydroxylation is 1. The molecular formula is C16H25N5O. The first-order valence-corrected chi connectivity index (χ1v) is 7.80. The van der Waals surface area contributed by atoms with Crippen LogP contribution in [0.1, 0.15) is 43.3 Å². The summed E-state index contributed by atoms with van der Waals surface area (Å²) in [7, 11) is 0. The molecule has 2 rings (SSSR count). The molecule has 1 N–H and O–H groups in total. The first-order chi connectivity index (χ1) is 10.5. The van der Waals surface area contributed by atoms with Gasteiger partial charge in [-0.2, -0.15) is 5.10 Å². The fourth-order valence-corrected chi connectivity index (χ4v) is 2.74. The molecule has 1 amide bonds. The van der Waals surface area contributed by atoms with Crippen molar-refractivity contribution < 1.29 is 4.79 Å². The van der Waals surface area contributed by atoms with E-state index in [1.165, 1.54) is 11.3 Å². The van der Waals surface area contributed by atoms with Gasteiger partial charge in [-0.1, -0.05) is 6.92 Å². The summed E-state index contributed by atoms with van der Waals surface area (Å²) in [6, 6.07) is 0.114. The molecule has 120 valence electrons. The maximum Gasteiger partial charge on any atom is 0.222 e. The number of hydrogen-bond donors (Lipinski definition) is 1. The number of hydrogen-bond acceptors (Lipinski definition) is 3. The van der Waals surface area contributed by atoms with Gasteiger partial charge in [0.2, 0.25) is 5.91 Å². The Hall–Kier alpha value is -2.11. The number of nitrogens with one attached hydrogen (secondary N) is 1. The van der Waals surface area contributed by atoms with E-state index in [0.29, 0.717) is 19.5 Å². The maximum atomic E-state index is 12.0. The lowest BCUT2D eigenvalue weighted by molar-refractivity contribution is -0.121. The van der Waals surface area contributed by atoms with Gasteiger partial charge in [0.05, 0.1) is 18.6 Å². The van der Waals surface area contributed by atoms with Crippen LogP contribution in [0.2, 0.25) is 0 Å². The van der Waals surface area contributed by atoms with E-state index in [1.54, 1.807) is 12.5 Å². The Kier molecular flexibility index (Phi) is 5.35. The molecule has 0 saturated heterocycles. The topological polar surface area (TPSA) is 64.7 Å². The summed E-state index contributed by atoms with van der Waals surface area (Å²) in [6.07, 6.45) is 6.78. The van der Waals surface area contributed by atoms with Crippen LogP contribution in [-0.2, 0) is 17.8 Å². The van der Waals surface area contributed by atoms with E-state index in [-0.39, 0.29) is 11.9 Å². The second kappa shape index (κ2) is 7.24. The molecule has 0 radical (unpaired) electrons. The highest BCUT2D eigenvalue weighted by Crippen LogP contribution is 2.13. The predicted molar refractivity (Wildman–Crippen MR) is 85.6 cm³/mol. The molecule has 0 aliphatic carbocycles. The van der Waals surface area contributed by atoms with Crippen molar-refractivity contribution in [3.63, 3.8) is 0 Å². The number of amides is 1. The molecule has 2 aromatic rings. The van der Waals surface area contributed by atoms with Gasteiger partial charge in [0.15, 0.2) is 0 Å². The van der Waals surface area contributed by atoms with E-state index in [1.807, 2.05) is 29.3 Å². The second-order valence-corrected chi connectivity index (χ2v) is 5.64. The van der Waals surface area contributed by atoms with E-state index in [4.69, 9.17) is 0 Å². The zero-order chi connectivity index (χ0) is 16.1. The van der Waals surface area contributed by atoms with Crippen LogP contribution in [0.4, 0.5) is 0 Å². The maximum absolute atomic E-state index is 12.0. The molecule has 2 heterocycles. The Balaban J connectivity index is 1.80. The van der Waals surface area contributed by atoms with Gasteiger partial charge in [-0.3, -0.25) is 9.48 Å². The average molecular weight is 303 g/mol. The molecular weight excluding hydrogens is 278 g/mol. The summed E-state index contributed by atoms with van der Waals surface area (Å²) in [4.78, 5) is 16.0. The number of carbonyl (C=O) groups is 1. The minimum atomic E-state index is 0.0541. The molecule has 0 aromatic carbocycles. The Labute approximate surface area is 131 Å². The van der Waals surface area contributed by atoms with E-state index in [2.05, 4.69) is 29.2 Å². The van der Waals surface area contributed by atoms with Crippen LogP contribution in [0, 0.1) is 13.8 Å². The van der Waals surface area contributed by atoms with Crippen LogP contribution in [0.5, 0.6) is 0 Å². The molecule has 22 heavy (non-hydrogen) atoms. The fourth-order valence-electron chi connectivity index (χ4n) is 2.74. The Bertz CT molecular complexity index is 615. The van der Waals surface area contributed by atoms with Crippen LogP contribution in [-0.4, -0.2) is 31.8 Å². The van der Waals surface area contributed by atoms with Gasteiger partial charge in [0.25, 0.3) is 0 Å². The summed E-state index contributed by atoms with van der Waals surface area (Å²) >= 11 is 0. The number of aromatic nitrogens is 4. The monoisotopic (exact) mass is 303 g/mol. The standard InChI is InChI=1S/C16H25N5O/c1-5-15-13(3)19-21(14(15)4)9-7-18-16(22)10-12(2)20-8-6-17-11-20/h6,8,11-12H,5,7,9-10H2,1-4H3,(H,18,22). The van der Waals surface area contributed by atoms with Gasteiger partial charge in [0, 0.05) is 37.1 Å². The van der Waals surface area contributed by atoms with Gasteiger partial charge in [-0.05, 0) is 32.8 Å². The van der Waals surface area contributed by atoms with Crippen molar-refractivity contribution in [1.29, 1.82) is 0 Å². The van der Waals surface area contributed by atoms with Crippen LogP contribution >= 0.6 is 0 Å². The Morgan fingerprint density at radius 1 is 1.41 bits per heavy atom. The van der Waals surface area contributed by atoms with E-state index in [9.17, 15) is 4.79 Å². The van der Waals surface area contributed by atoms with Crippen molar-refractivity contribution in [2.75, 3.05) is 6.54 Å². The number of imidazole rings is 1. The summed E-state index contributed by atoms with van der Waals surface area (Å²) in [5.74, 6) is 0.0541. The summed E-state index contributed by atoms with van der Waals surface area (Å²) in [5, 5.41) is 7.50. The van der Waals surface area contributed by atoms with Crippen molar-refractivity contribution in [1.82, 2.24) is 24.6 Å². The average Bonchev–Trinajstić information content (AvgIpc) is 3.08. The molecule has 0 aliphatic rings. The minimum Gasteiger partial charge on any atom is -0.354 e. The highest BCUT2D eigenvalue weighted by Gasteiger charge is 2.11. The summed E-state index contributed by atoms with van der Waals surface area (Å²) in [5.41, 5.74) is 3.58. The van der Waals surface area contributed by atoms with Crippen LogP contribution < -0.4 is 5.32 Å². The summed E-state index contributed by atoms with van der Waals surface area (Å²) in [6.45, 7) is 9.57. The first-order valence-electron chi connectivity index (χ1n) is 7.80. The van der Waals surface area contributed by atoms with Crippen molar-refractivity contribution >= 4 is 5.91 Å². The number of carbonyl (C=O) groups excluding carboxylic acids is 1. The highest BCUT2D eigenvalue weighted by atomic mass is 16.1. The molecule has 0 aliphatic heterocycles. The normalized spacial score (nSPS) is 12.4. The van der Waals surface area contributed by atoms with E-state index < -0.39 is 0 Å². The summed E-state index contributed by atoms with van der Waals surface area (Å²) < 4.78 is 3.92. The van der Waals surface area contributed by atoms with E-state index >= 15 is 0 Å². The third-order valence-corrected chi connectivity index (χ3v) is 4.05. The Morgan fingerprint density at radius 3 is 2.77 bits per heavy atom. The largest absolute Gasteiger partial charge is 0.354 e. The lowest BCUT2D eigenvalue weighted by Gasteiger charge is -2.13. The molecule has 1 atom stereocenters. The molecule has 0 bridgehead atoms. The van der Waals surface area contributed by atoms with Crippen LogP contribution in [0.25, 0.3) is 0 Å². The molecule has 1 unspecified atom stereocenters. The highest BCUT2D eigenvalue weighted by molar-refractivity contribution is 5.76. The fraction of sp³-hybridized carbons (Fsp3) is 0.562. The van der Waals surface area contributed by atoms with Gasteiger partial charge in [-0.25, -0.2) is 4.98 Å². The molecule has 0 spiro atoms. The van der Waals surface area contributed by atoms with Crippen molar-refractivity contribution in [2.24, 2.45) is 0 Å². The zero-order valence-electron chi connectivity index (χ0n) is 13.8. The van der Waals surface area contributed by atoms with Gasteiger partial charge < -0.3 is 9.88 Å². The third kappa shape index (κ3) is 3.75. The SMILES string of the molecule is CCc1c(C)nn(CCNC(=O)CC(C)n2ccnc2)c1C. The third-order valence-electron chi connectivity index (χ3n) is 4.05. The van der Waals surface area contributed by atoms with Crippen LogP contribution in [0.15, 0.2) is 18.7 Å². The molecule has 0 saturated carbocycles. The Morgan fingerprint density at radius 2 is 2.18 bits per heavy atom. The lowest BCUT2D eigenvalue weighted by Crippen LogP contribution is -2.29. The molecule has 6 heteroatoms. The number of nitrogens with zero attached hydrogens (tertiary/aromatic N) is 4. The van der Waals surface area contributed by atoms with Gasteiger partial charge in [0.1, 0.15) is 0 Å². The van der Waals surface area contributed by atoms with Crippen molar-refractivity contribution in [3.05, 3.63) is 35.7 Å². The smallest absolute Gasteiger partial charge is 0.222 e. The van der Waals surface area contributed by atoms with Crippen molar-refractivity contribution in [3.8, 4) is 0 Å². The number of rotatable bonds is 7. The predicted octanol–water partition coefficient (Wildman–Crippen LogP) is 2.03. The second-order valence-electron chi connectivity index (χ2n) is 5.64. The molecule has 0 fully saturated rings. The van der Waals surface area contributed by atoms with Gasteiger partial charge >= 0.3 is 0 Å². The van der Waals surface area contributed by atoms with Crippen molar-refractivity contribution in [2.45, 2.75) is 53.1 Å². The van der Waals surface area contributed by atoms with Crippen LogP contribution in [0.3, 0.4) is 0 Å². The lowest BCUT2D eigenvalue weighted by atomic mass is 10.1. The minimum absolute atomic E-state index is 0.0541. The molecule has 6 nitrogen and oxygen atoms in total. The first kappa shape index (κ1) is 16.3. The molecule has 2 aromatic heterocycles. The zero-order valence-corrected chi connectivity index (χ0v) is 13.8. The van der Waals surface area contributed by atoms with E-state index in [0.717, 1.165) is 12.1 Å². The van der Waals surface area contributed by atoms with Gasteiger partial charge in [-0.15, -0.1) is 0 Å².